The second-order valence-corrected chi connectivity index (χ2v) is 7.42. The van der Waals surface area contributed by atoms with E-state index in [1.165, 1.54) is 24.8 Å². The summed E-state index contributed by atoms with van der Waals surface area (Å²) in [5.74, 6) is 0.562. The van der Waals surface area contributed by atoms with E-state index in [0.29, 0.717) is 19.1 Å². The topological polar surface area (TPSA) is 26.3 Å². The molecule has 1 aromatic carbocycles. The highest BCUT2D eigenvalue weighted by Gasteiger charge is 2.28. The SMILES string of the molecule is CC(CCOC(=O)C[N+]1(C)CCCCC1)CCc1ccccc1. The van der Waals surface area contributed by atoms with Crippen LogP contribution in [0.5, 0.6) is 0 Å². The Morgan fingerprint density at radius 2 is 1.83 bits per heavy atom. The summed E-state index contributed by atoms with van der Waals surface area (Å²) in [5, 5.41) is 0. The monoisotopic (exact) mass is 318 g/mol. The van der Waals surface area contributed by atoms with Gasteiger partial charge >= 0.3 is 5.97 Å². The first-order valence-electron chi connectivity index (χ1n) is 9.10. The molecule has 1 aliphatic heterocycles. The molecule has 0 N–H and O–H groups in total. The number of ether oxygens (including phenoxy) is 1. The summed E-state index contributed by atoms with van der Waals surface area (Å²) in [6.07, 6.45) is 6.99. The highest BCUT2D eigenvalue weighted by atomic mass is 16.5. The van der Waals surface area contributed by atoms with Gasteiger partial charge in [-0.05, 0) is 50.0 Å². The number of carbonyl (C=O) groups is 1. The van der Waals surface area contributed by atoms with Crippen molar-refractivity contribution in [3.8, 4) is 0 Å². The Balaban J connectivity index is 1.59. The van der Waals surface area contributed by atoms with E-state index in [1.54, 1.807) is 0 Å². The number of likely N-dealkylation sites (N-methyl/N-ethyl adjacent to an activating group) is 1. The van der Waals surface area contributed by atoms with Crippen molar-refractivity contribution in [2.45, 2.75) is 45.4 Å². The molecule has 0 spiro atoms. The number of piperidine rings is 1. The summed E-state index contributed by atoms with van der Waals surface area (Å²) < 4.78 is 6.34. The van der Waals surface area contributed by atoms with Crippen LogP contribution in [-0.4, -0.2) is 43.7 Å². The van der Waals surface area contributed by atoms with Gasteiger partial charge in [0.2, 0.25) is 0 Å². The second kappa shape index (κ2) is 9.07. The Morgan fingerprint density at radius 1 is 1.13 bits per heavy atom. The van der Waals surface area contributed by atoms with Crippen molar-refractivity contribution in [1.82, 2.24) is 0 Å². The molecule has 1 fully saturated rings. The first-order chi connectivity index (χ1) is 11.1. The van der Waals surface area contributed by atoms with E-state index in [2.05, 4.69) is 44.3 Å². The highest BCUT2D eigenvalue weighted by Crippen LogP contribution is 2.16. The Kier molecular flexibility index (Phi) is 7.10. The molecule has 3 heteroatoms. The number of likely N-dealkylation sites (tertiary alicyclic amines) is 1. The Hall–Kier alpha value is -1.35. The predicted molar refractivity (Wildman–Crippen MR) is 94.1 cm³/mol. The molecule has 1 atom stereocenters. The van der Waals surface area contributed by atoms with E-state index >= 15 is 0 Å². The molecule has 0 aromatic heterocycles. The molecule has 1 heterocycles. The number of nitrogens with zero attached hydrogens (tertiary/aromatic N) is 1. The summed E-state index contributed by atoms with van der Waals surface area (Å²) in [7, 11) is 2.18. The lowest BCUT2D eigenvalue weighted by Gasteiger charge is -2.36. The van der Waals surface area contributed by atoms with Crippen molar-refractivity contribution in [1.29, 1.82) is 0 Å². The normalized spacial score (nSPS) is 18.3. The molecule has 128 valence electrons. The number of quaternary nitrogens is 1. The standard InChI is InChI=1S/C20H32NO2/c1-18(11-12-19-9-5-3-6-10-19)13-16-23-20(22)17-21(2)14-7-4-8-15-21/h3,5-6,9-10,18H,4,7-8,11-17H2,1-2H3/q+1. The number of esters is 1. The lowest BCUT2D eigenvalue weighted by Crippen LogP contribution is -2.51. The zero-order chi connectivity index (χ0) is 16.5. The van der Waals surface area contributed by atoms with Crippen LogP contribution in [-0.2, 0) is 16.0 Å². The van der Waals surface area contributed by atoms with Crippen LogP contribution >= 0.6 is 0 Å². The zero-order valence-corrected chi connectivity index (χ0v) is 14.8. The quantitative estimate of drug-likeness (QED) is 0.538. The summed E-state index contributed by atoms with van der Waals surface area (Å²) in [4.78, 5) is 12.0. The molecule has 0 bridgehead atoms. The molecule has 23 heavy (non-hydrogen) atoms. The molecule has 1 saturated heterocycles. The van der Waals surface area contributed by atoms with Crippen molar-refractivity contribution < 1.29 is 14.0 Å². The zero-order valence-electron chi connectivity index (χ0n) is 14.8. The van der Waals surface area contributed by atoms with E-state index < -0.39 is 0 Å². The van der Waals surface area contributed by atoms with Gasteiger partial charge in [0.05, 0.1) is 26.7 Å². The van der Waals surface area contributed by atoms with Gasteiger partial charge in [-0.25, -0.2) is 4.79 Å². The van der Waals surface area contributed by atoms with Crippen LogP contribution in [0.15, 0.2) is 30.3 Å². The van der Waals surface area contributed by atoms with Gasteiger partial charge in [-0.1, -0.05) is 37.3 Å². The van der Waals surface area contributed by atoms with Gasteiger partial charge in [0, 0.05) is 0 Å². The second-order valence-electron chi connectivity index (χ2n) is 7.42. The molecule has 3 nitrogen and oxygen atoms in total. The fourth-order valence-corrected chi connectivity index (χ4v) is 3.37. The molecule has 0 aliphatic carbocycles. The van der Waals surface area contributed by atoms with Crippen molar-refractivity contribution in [3.63, 3.8) is 0 Å². The van der Waals surface area contributed by atoms with Crippen LogP contribution in [0, 0.1) is 5.92 Å². The minimum Gasteiger partial charge on any atom is -0.462 e. The molecule has 0 amide bonds. The average Bonchev–Trinajstić information content (AvgIpc) is 2.54. The molecule has 1 aliphatic rings. The van der Waals surface area contributed by atoms with E-state index in [9.17, 15) is 4.79 Å². The third-order valence-electron chi connectivity index (χ3n) is 5.05. The summed E-state index contributed by atoms with van der Waals surface area (Å²) >= 11 is 0. The molecular formula is C20H32NO2+. The maximum atomic E-state index is 12.0. The maximum absolute atomic E-state index is 12.0. The highest BCUT2D eigenvalue weighted by molar-refractivity contribution is 5.70. The molecule has 0 radical (unpaired) electrons. The number of aryl methyl sites for hydroxylation is 1. The minimum atomic E-state index is -0.0235. The number of rotatable bonds is 8. The van der Waals surface area contributed by atoms with Gasteiger partial charge in [-0.15, -0.1) is 0 Å². The van der Waals surface area contributed by atoms with Crippen molar-refractivity contribution >= 4 is 5.97 Å². The number of hydrogen-bond donors (Lipinski definition) is 0. The third-order valence-corrected chi connectivity index (χ3v) is 5.05. The van der Waals surface area contributed by atoms with E-state index in [4.69, 9.17) is 4.74 Å². The van der Waals surface area contributed by atoms with Crippen molar-refractivity contribution in [2.75, 3.05) is 33.3 Å². The number of hydrogen-bond acceptors (Lipinski definition) is 2. The lowest BCUT2D eigenvalue weighted by molar-refractivity contribution is -0.907. The summed E-state index contributed by atoms with van der Waals surface area (Å²) in [5.41, 5.74) is 1.39. The molecule has 2 rings (SSSR count). The van der Waals surface area contributed by atoms with Gasteiger partial charge in [0.15, 0.2) is 6.54 Å². The van der Waals surface area contributed by atoms with Gasteiger partial charge in [0.1, 0.15) is 0 Å². The van der Waals surface area contributed by atoms with Crippen LogP contribution in [0.4, 0.5) is 0 Å². The van der Waals surface area contributed by atoms with Gasteiger partial charge in [0.25, 0.3) is 0 Å². The van der Waals surface area contributed by atoms with Crippen LogP contribution in [0.2, 0.25) is 0 Å². The van der Waals surface area contributed by atoms with Crippen LogP contribution in [0.25, 0.3) is 0 Å². The lowest BCUT2D eigenvalue weighted by atomic mass is 9.99. The van der Waals surface area contributed by atoms with Crippen LogP contribution < -0.4 is 0 Å². The fourth-order valence-electron chi connectivity index (χ4n) is 3.37. The first-order valence-corrected chi connectivity index (χ1v) is 9.10. The molecule has 0 saturated carbocycles. The van der Waals surface area contributed by atoms with Crippen LogP contribution in [0.3, 0.4) is 0 Å². The summed E-state index contributed by atoms with van der Waals surface area (Å²) in [6, 6.07) is 10.6. The smallest absolute Gasteiger partial charge is 0.361 e. The van der Waals surface area contributed by atoms with Crippen molar-refractivity contribution in [2.24, 2.45) is 5.92 Å². The van der Waals surface area contributed by atoms with E-state index in [1.807, 2.05) is 0 Å². The Bertz CT molecular complexity index is 466. The van der Waals surface area contributed by atoms with Crippen LogP contribution in [0.1, 0.15) is 44.6 Å². The molecule has 1 aromatic rings. The summed E-state index contributed by atoms with van der Waals surface area (Å²) in [6.45, 7) is 5.58. The minimum absolute atomic E-state index is 0.0235. The van der Waals surface area contributed by atoms with Crippen molar-refractivity contribution in [3.05, 3.63) is 35.9 Å². The number of carbonyl (C=O) groups excluding carboxylic acids is 1. The Labute approximate surface area is 141 Å². The molecule has 1 unspecified atom stereocenters. The van der Waals surface area contributed by atoms with Gasteiger partial charge < -0.3 is 9.22 Å². The number of benzene rings is 1. The van der Waals surface area contributed by atoms with Gasteiger partial charge in [-0.3, -0.25) is 0 Å². The predicted octanol–water partition coefficient (Wildman–Crippen LogP) is 3.82. The largest absolute Gasteiger partial charge is 0.462 e. The van der Waals surface area contributed by atoms with Gasteiger partial charge in [-0.2, -0.15) is 0 Å². The first kappa shape index (κ1) is 18.0. The Morgan fingerprint density at radius 3 is 2.52 bits per heavy atom. The van der Waals surface area contributed by atoms with E-state index in [0.717, 1.165) is 36.8 Å². The average molecular weight is 318 g/mol. The third kappa shape index (κ3) is 6.74. The maximum Gasteiger partial charge on any atom is 0.361 e. The fraction of sp³-hybridized carbons (Fsp3) is 0.650. The van der Waals surface area contributed by atoms with E-state index in [-0.39, 0.29) is 5.97 Å². The molecular weight excluding hydrogens is 286 g/mol.